The molecule has 2 saturated heterocycles. The van der Waals surface area contributed by atoms with Crippen LogP contribution in [0, 0.1) is 0 Å². The van der Waals surface area contributed by atoms with Crippen LogP contribution in [0.5, 0.6) is 5.75 Å². The van der Waals surface area contributed by atoms with Crippen LogP contribution in [0.4, 0.5) is 0 Å². The molecule has 2 fully saturated rings. The second kappa shape index (κ2) is 9.22. The van der Waals surface area contributed by atoms with Crippen molar-refractivity contribution in [2.24, 2.45) is 0 Å². The Kier molecular flexibility index (Phi) is 6.70. The maximum Gasteiger partial charge on any atom is 0.258 e. The van der Waals surface area contributed by atoms with E-state index in [1.165, 1.54) is 12.8 Å². The molecule has 2 atom stereocenters. The van der Waals surface area contributed by atoms with Gasteiger partial charge in [0.2, 0.25) is 0 Å². The first kappa shape index (κ1) is 20.4. The first-order valence-electron chi connectivity index (χ1n) is 9.55. The van der Waals surface area contributed by atoms with Gasteiger partial charge in [0.1, 0.15) is 5.75 Å². The molecule has 6 heteroatoms. The number of piperidine rings is 1. The van der Waals surface area contributed by atoms with Crippen LogP contribution in [0.2, 0.25) is 0 Å². The van der Waals surface area contributed by atoms with Gasteiger partial charge in [0.05, 0.1) is 0 Å². The molecule has 0 aliphatic carbocycles. The van der Waals surface area contributed by atoms with Gasteiger partial charge in [-0.2, -0.15) is 0 Å². The number of amides is 1. The zero-order valence-electron chi connectivity index (χ0n) is 15.6. The molecule has 0 radical (unpaired) electrons. The number of carbonyl (C=O) groups excluding carboxylic acids is 2. The topological polar surface area (TPSA) is 67.4 Å². The first-order valence-corrected chi connectivity index (χ1v) is 9.55. The van der Waals surface area contributed by atoms with Crippen molar-refractivity contribution in [3.05, 3.63) is 65.7 Å². The Labute approximate surface area is 171 Å². The average molecular weight is 401 g/mol. The van der Waals surface area contributed by atoms with E-state index in [2.05, 4.69) is 10.6 Å². The third-order valence-electron chi connectivity index (χ3n) is 5.36. The van der Waals surface area contributed by atoms with Crippen LogP contribution in [-0.2, 0) is 4.79 Å². The normalized spacial score (nSPS) is 22.8. The van der Waals surface area contributed by atoms with Crippen LogP contribution in [0.25, 0.3) is 0 Å². The number of hydrogen-bond donors (Lipinski definition) is 2. The molecular formula is C22H25ClN2O3. The van der Waals surface area contributed by atoms with Gasteiger partial charge in [0.15, 0.2) is 12.4 Å². The van der Waals surface area contributed by atoms with Crippen LogP contribution in [0.1, 0.15) is 41.6 Å². The van der Waals surface area contributed by atoms with Crippen molar-refractivity contribution >= 4 is 24.1 Å². The number of fused-ring (bicyclic) bond motifs is 2. The number of hydrogen-bond acceptors (Lipinski definition) is 4. The molecule has 2 unspecified atom stereocenters. The molecule has 2 aliphatic rings. The Morgan fingerprint density at radius 3 is 2.18 bits per heavy atom. The minimum absolute atomic E-state index is 0. The van der Waals surface area contributed by atoms with Gasteiger partial charge in [-0.15, -0.1) is 12.4 Å². The van der Waals surface area contributed by atoms with Gasteiger partial charge in [-0.1, -0.05) is 30.3 Å². The van der Waals surface area contributed by atoms with Crippen molar-refractivity contribution in [2.45, 2.75) is 43.8 Å². The van der Waals surface area contributed by atoms with Gasteiger partial charge in [-0.3, -0.25) is 9.59 Å². The fourth-order valence-corrected chi connectivity index (χ4v) is 4.05. The van der Waals surface area contributed by atoms with Crippen LogP contribution >= 0.6 is 12.4 Å². The monoisotopic (exact) mass is 400 g/mol. The van der Waals surface area contributed by atoms with E-state index >= 15 is 0 Å². The van der Waals surface area contributed by atoms with E-state index in [0.717, 1.165) is 12.8 Å². The fraction of sp³-hybridized carbons (Fsp3) is 0.364. The summed E-state index contributed by atoms with van der Waals surface area (Å²) in [5.41, 5.74) is 1.25. The Morgan fingerprint density at radius 2 is 1.54 bits per heavy atom. The number of ketones is 1. The molecule has 2 bridgehead atoms. The van der Waals surface area contributed by atoms with E-state index in [-0.39, 0.29) is 36.7 Å². The lowest BCUT2D eigenvalue weighted by Crippen LogP contribution is -2.48. The third kappa shape index (κ3) is 4.91. The van der Waals surface area contributed by atoms with E-state index in [1.54, 1.807) is 36.4 Å². The van der Waals surface area contributed by atoms with E-state index in [4.69, 9.17) is 4.74 Å². The molecular weight excluding hydrogens is 376 g/mol. The summed E-state index contributed by atoms with van der Waals surface area (Å²) in [4.78, 5) is 24.6. The maximum atomic E-state index is 12.4. The highest BCUT2D eigenvalue weighted by molar-refractivity contribution is 6.08. The largest absolute Gasteiger partial charge is 0.484 e. The smallest absolute Gasteiger partial charge is 0.258 e. The Hall–Kier alpha value is -2.37. The summed E-state index contributed by atoms with van der Waals surface area (Å²) in [6.07, 6.45) is 4.42. The first-order chi connectivity index (χ1) is 13.2. The number of halogens is 1. The summed E-state index contributed by atoms with van der Waals surface area (Å²) in [6, 6.07) is 17.4. The lowest BCUT2D eigenvalue weighted by Gasteiger charge is -2.29. The molecule has 0 saturated carbocycles. The SMILES string of the molecule is Cl.O=C(COc1ccc(C(=O)c2ccccc2)cc1)NC1CC2CCC(C1)N2. The van der Waals surface area contributed by atoms with E-state index in [9.17, 15) is 9.59 Å². The highest BCUT2D eigenvalue weighted by atomic mass is 35.5. The zero-order valence-corrected chi connectivity index (χ0v) is 16.4. The summed E-state index contributed by atoms with van der Waals surface area (Å²) >= 11 is 0. The molecule has 4 rings (SSSR count). The quantitative estimate of drug-likeness (QED) is 0.731. The highest BCUT2D eigenvalue weighted by Crippen LogP contribution is 2.26. The Morgan fingerprint density at radius 1 is 0.929 bits per heavy atom. The lowest BCUT2D eigenvalue weighted by atomic mass is 10.00. The second-order valence-electron chi connectivity index (χ2n) is 7.38. The minimum atomic E-state index is -0.0919. The minimum Gasteiger partial charge on any atom is -0.484 e. The molecule has 2 heterocycles. The molecule has 0 aromatic heterocycles. The zero-order chi connectivity index (χ0) is 18.6. The maximum absolute atomic E-state index is 12.4. The van der Waals surface area contributed by atoms with Crippen molar-refractivity contribution in [1.82, 2.24) is 10.6 Å². The second-order valence-corrected chi connectivity index (χ2v) is 7.38. The highest BCUT2D eigenvalue weighted by Gasteiger charge is 2.33. The van der Waals surface area contributed by atoms with Gasteiger partial charge < -0.3 is 15.4 Å². The number of nitrogens with one attached hydrogen (secondary N) is 2. The van der Waals surface area contributed by atoms with Gasteiger partial charge in [0, 0.05) is 29.3 Å². The predicted octanol–water partition coefficient (Wildman–Crippen LogP) is 3.12. The van der Waals surface area contributed by atoms with E-state index in [1.807, 2.05) is 18.2 Å². The molecule has 0 spiro atoms. The fourth-order valence-electron chi connectivity index (χ4n) is 4.05. The van der Waals surface area contributed by atoms with Crippen LogP contribution < -0.4 is 15.4 Å². The summed E-state index contributed by atoms with van der Waals surface area (Å²) in [6.45, 7) is -0.00869. The summed E-state index contributed by atoms with van der Waals surface area (Å²) in [5.74, 6) is 0.464. The van der Waals surface area contributed by atoms with Crippen LogP contribution in [0.3, 0.4) is 0 Å². The van der Waals surface area contributed by atoms with Crippen molar-refractivity contribution in [2.75, 3.05) is 6.61 Å². The standard InChI is InChI=1S/C22H24N2O3.ClH/c25-21(24-19-12-17-8-9-18(13-19)23-17)14-27-20-10-6-16(7-11-20)22(26)15-4-2-1-3-5-15;/h1-7,10-11,17-19,23H,8-9,12-14H2,(H,24,25);1H. The molecule has 2 N–H and O–H groups in total. The molecule has 2 aromatic carbocycles. The number of ether oxygens (including phenoxy) is 1. The third-order valence-corrected chi connectivity index (χ3v) is 5.36. The van der Waals surface area contributed by atoms with Gasteiger partial charge in [-0.25, -0.2) is 0 Å². The summed E-state index contributed by atoms with van der Waals surface area (Å²) in [7, 11) is 0. The van der Waals surface area contributed by atoms with Gasteiger partial charge in [-0.05, 0) is 49.9 Å². The molecule has 2 aromatic rings. The number of carbonyl (C=O) groups is 2. The molecule has 148 valence electrons. The average Bonchev–Trinajstić information content (AvgIpc) is 3.05. The van der Waals surface area contributed by atoms with Crippen molar-refractivity contribution in [3.8, 4) is 5.75 Å². The van der Waals surface area contributed by atoms with Crippen LogP contribution in [0.15, 0.2) is 54.6 Å². The lowest BCUT2D eigenvalue weighted by molar-refractivity contribution is -0.124. The summed E-state index contributed by atoms with van der Waals surface area (Å²) < 4.78 is 5.58. The molecule has 28 heavy (non-hydrogen) atoms. The molecule has 1 amide bonds. The van der Waals surface area contributed by atoms with Gasteiger partial charge >= 0.3 is 0 Å². The number of benzene rings is 2. The van der Waals surface area contributed by atoms with Crippen molar-refractivity contribution in [3.63, 3.8) is 0 Å². The van der Waals surface area contributed by atoms with Crippen LogP contribution in [-0.4, -0.2) is 36.4 Å². The molecule has 5 nitrogen and oxygen atoms in total. The Bertz CT molecular complexity index is 798. The number of rotatable bonds is 6. The molecule has 2 aliphatic heterocycles. The van der Waals surface area contributed by atoms with E-state index in [0.29, 0.717) is 29.0 Å². The summed E-state index contributed by atoms with van der Waals surface area (Å²) in [5, 5.41) is 6.65. The van der Waals surface area contributed by atoms with Crippen molar-refractivity contribution in [1.29, 1.82) is 0 Å². The Balaban J connectivity index is 0.00000225. The van der Waals surface area contributed by atoms with Crippen molar-refractivity contribution < 1.29 is 14.3 Å². The van der Waals surface area contributed by atoms with Gasteiger partial charge in [0.25, 0.3) is 5.91 Å². The predicted molar refractivity (Wildman–Crippen MR) is 110 cm³/mol. The van der Waals surface area contributed by atoms with E-state index < -0.39 is 0 Å².